The number of nitrogens with one attached hydrogen (secondary N) is 2. The summed E-state index contributed by atoms with van der Waals surface area (Å²) in [5.74, 6) is 1.31. The second kappa shape index (κ2) is 7.96. The average Bonchev–Trinajstić information content (AvgIpc) is 2.53. The third kappa shape index (κ3) is 5.35. The van der Waals surface area contributed by atoms with Crippen LogP contribution in [0, 0.1) is 17.3 Å². The molecule has 1 aromatic rings. The van der Waals surface area contributed by atoms with Gasteiger partial charge in [0.05, 0.1) is 6.04 Å². The highest BCUT2D eigenvalue weighted by Gasteiger charge is 2.29. The minimum absolute atomic E-state index is 0.00495. The molecule has 2 rings (SSSR count). The number of hydrogen-bond acceptors (Lipinski definition) is 2. The van der Waals surface area contributed by atoms with Gasteiger partial charge in [-0.15, -0.1) is 0 Å². The molecule has 1 aromatic carbocycles. The Hall–Kier alpha value is -1.35. The van der Waals surface area contributed by atoms with E-state index >= 15 is 0 Å². The molecule has 1 aliphatic heterocycles. The largest absolute Gasteiger partial charge is 0.349 e. The minimum atomic E-state index is -0.00495. The first-order chi connectivity index (χ1) is 10.9. The van der Waals surface area contributed by atoms with Gasteiger partial charge in [-0.3, -0.25) is 4.79 Å². The van der Waals surface area contributed by atoms with Crippen LogP contribution >= 0.6 is 0 Å². The first-order valence-corrected chi connectivity index (χ1v) is 8.93. The van der Waals surface area contributed by atoms with Crippen molar-refractivity contribution in [3.8, 4) is 0 Å². The summed E-state index contributed by atoms with van der Waals surface area (Å²) < 4.78 is 0. The molecule has 128 valence electrons. The van der Waals surface area contributed by atoms with Crippen molar-refractivity contribution in [1.29, 1.82) is 0 Å². The molecule has 0 bridgehead atoms. The van der Waals surface area contributed by atoms with E-state index in [1.165, 1.54) is 18.4 Å². The van der Waals surface area contributed by atoms with Crippen LogP contribution < -0.4 is 10.6 Å². The smallest absolute Gasteiger partial charge is 0.220 e. The van der Waals surface area contributed by atoms with Crippen LogP contribution in [0.3, 0.4) is 0 Å². The monoisotopic (exact) mass is 316 g/mol. The molecule has 0 radical (unpaired) electrons. The third-order valence-corrected chi connectivity index (χ3v) is 5.00. The molecule has 1 aliphatic rings. The predicted molar refractivity (Wildman–Crippen MR) is 96.2 cm³/mol. The highest BCUT2D eigenvalue weighted by molar-refractivity contribution is 5.76. The van der Waals surface area contributed by atoms with Crippen molar-refractivity contribution in [2.45, 2.75) is 53.0 Å². The van der Waals surface area contributed by atoms with E-state index in [4.69, 9.17) is 0 Å². The molecule has 1 fully saturated rings. The SMILES string of the molecule is CC(CC(=O)NC(c1ccccc1)C(C)(C)C)C1CCNCC1. The molecule has 1 heterocycles. The van der Waals surface area contributed by atoms with Gasteiger partial charge in [-0.05, 0) is 48.7 Å². The lowest BCUT2D eigenvalue weighted by atomic mass is 9.81. The summed E-state index contributed by atoms with van der Waals surface area (Å²) in [6.07, 6.45) is 3.01. The summed E-state index contributed by atoms with van der Waals surface area (Å²) >= 11 is 0. The first-order valence-electron chi connectivity index (χ1n) is 8.93. The fraction of sp³-hybridized carbons (Fsp3) is 0.650. The zero-order valence-corrected chi connectivity index (χ0v) is 15.1. The highest BCUT2D eigenvalue weighted by atomic mass is 16.1. The molecule has 0 spiro atoms. The van der Waals surface area contributed by atoms with Crippen LogP contribution in [0.1, 0.15) is 58.6 Å². The summed E-state index contributed by atoms with van der Waals surface area (Å²) in [5.41, 5.74) is 1.18. The highest BCUT2D eigenvalue weighted by Crippen LogP contribution is 2.33. The topological polar surface area (TPSA) is 41.1 Å². The number of piperidine rings is 1. The van der Waals surface area contributed by atoms with Gasteiger partial charge in [0.15, 0.2) is 0 Å². The van der Waals surface area contributed by atoms with Crippen molar-refractivity contribution < 1.29 is 4.79 Å². The number of benzene rings is 1. The summed E-state index contributed by atoms with van der Waals surface area (Å²) in [4.78, 5) is 12.6. The van der Waals surface area contributed by atoms with Gasteiger partial charge in [-0.2, -0.15) is 0 Å². The van der Waals surface area contributed by atoms with Crippen LogP contribution in [-0.4, -0.2) is 19.0 Å². The Morgan fingerprint density at radius 3 is 2.39 bits per heavy atom. The average molecular weight is 316 g/mol. The van der Waals surface area contributed by atoms with Crippen molar-refractivity contribution >= 4 is 5.91 Å². The van der Waals surface area contributed by atoms with Gasteiger partial charge in [0, 0.05) is 6.42 Å². The zero-order chi connectivity index (χ0) is 16.9. The lowest BCUT2D eigenvalue weighted by molar-refractivity contribution is -0.123. The predicted octanol–water partition coefficient (Wildman–Crippen LogP) is 3.92. The Labute approximate surface area is 141 Å². The number of hydrogen-bond donors (Lipinski definition) is 2. The molecule has 3 heteroatoms. The van der Waals surface area contributed by atoms with Gasteiger partial charge in [0.1, 0.15) is 0 Å². The van der Waals surface area contributed by atoms with Crippen molar-refractivity contribution in [2.24, 2.45) is 17.3 Å². The van der Waals surface area contributed by atoms with E-state index in [-0.39, 0.29) is 17.4 Å². The van der Waals surface area contributed by atoms with Gasteiger partial charge in [0.25, 0.3) is 0 Å². The van der Waals surface area contributed by atoms with E-state index in [1.807, 2.05) is 18.2 Å². The van der Waals surface area contributed by atoms with Crippen molar-refractivity contribution in [3.63, 3.8) is 0 Å². The van der Waals surface area contributed by atoms with Gasteiger partial charge in [0.2, 0.25) is 5.91 Å². The minimum Gasteiger partial charge on any atom is -0.349 e. The van der Waals surface area contributed by atoms with Gasteiger partial charge in [-0.25, -0.2) is 0 Å². The van der Waals surface area contributed by atoms with Crippen molar-refractivity contribution in [2.75, 3.05) is 13.1 Å². The van der Waals surface area contributed by atoms with E-state index in [9.17, 15) is 4.79 Å². The molecule has 1 amide bonds. The van der Waals surface area contributed by atoms with Crippen molar-refractivity contribution in [3.05, 3.63) is 35.9 Å². The second-order valence-electron chi connectivity index (χ2n) is 8.05. The molecule has 0 aliphatic carbocycles. The molecule has 0 aromatic heterocycles. The number of rotatable bonds is 5. The maximum atomic E-state index is 12.6. The number of carbonyl (C=O) groups excluding carboxylic acids is 1. The van der Waals surface area contributed by atoms with Crippen LogP contribution in [0.2, 0.25) is 0 Å². The maximum Gasteiger partial charge on any atom is 0.220 e. The quantitative estimate of drug-likeness (QED) is 0.864. The van der Waals surface area contributed by atoms with Crippen LogP contribution in [0.15, 0.2) is 30.3 Å². The molecular weight excluding hydrogens is 284 g/mol. The van der Waals surface area contributed by atoms with Crippen LogP contribution in [0.4, 0.5) is 0 Å². The molecule has 2 atom stereocenters. The maximum absolute atomic E-state index is 12.6. The van der Waals surface area contributed by atoms with E-state index in [0.717, 1.165) is 13.1 Å². The fourth-order valence-electron chi connectivity index (χ4n) is 3.54. The molecule has 2 unspecified atom stereocenters. The van der Waals surface area contributed by atoms with E-state index in [1.54, 1.807) is 0 Å². The molecule has 0 saturated carbocycles. The fourth-order valence-corrected chi connectivity index (χ4v) is 3.54. The summed E-state index contributed by atoms with van der Waals surface area (Å²) in [6, 6.07) is 10.4. The van der Waals surface area contributed by atoms with Crippen molar-refractivity contribution in [1.82, 2.24) is 10.6 Å². The Balaban J connectivity index is 1.97. The van der Waals surface area contributed by atoms with Gasteiger partial charge < -0.3 is 10.6 Å². The lowest BCUT2D eigenvalue weighted by Crippen LogP contribution is -2.38. The molecular formula is C20H32N2O. The second-order valence-corrected chi connectivity index (χ2v) is 8.05. The normalized spacial score (nSPS) is 19.1. The molecule has 1 saturated heterocycles. The summed E-state index contributed by atoms with van der Waals surface area (Å²) in [7, 11) is 0. The van der Waals surface area contributed by atoms with Gasteiger partial charge >= 0.3 is 0 Å². The van der Waals surface area contributed by atoms with Crippen LogP contribution in [0.25, 0.3) is 0 Å². The number of amides is 1. The Morgan fingerprint density at radius 2 is 1.83 bits per heavy atom. The molecule has 2 N–H and O–H groups in total. The van der Waals surface area contributed by atoms with E-state index in [0.29, 0.717) is 18.3 Å². The third-order valence-electron chi connectivity index (χ3n) is 5.00. The summed E-state index contributed by atoms with van der Waals surface area (Å²) in [5, 5.41) is 6.68. The van der Waals surface area contributed by atoms with E-state index in [2.05, 4.69) is 50.5 Å². The Morgan fingerprint density at radius 1 is 1.22 bits per heavy atom. The standard InChI is InChI=1S/C20H32N2O/c1-15(16-10-12-21-13-11-16)14-18(23)22-19(20(2,3)4)17-8-6-5-7-9-17/h5-9,15-16,19,21H,10-14H2,1-4H3,(H,22,23). The Bertz CT molecular complexity index is 486. The number of carbonyl (C=O) groups is 1. The van der Waals surface area contributed by atoms with E-state index < -0.39 is 0 Å². The lowest BCUT2D eigenvalue weighted by Gasteiger charge is -2.33. The van der Waals surface area contributed by atoms with Crippen LogP contribution in [-0.2, 0) is 4.79 Å². The molecule has 23 heavy (non-hydrogen) atoms. The first kappa shape index (κ1) is 18.0. The molecule has 3 nitrogen and oxygen atoms in total. The van der Waals surface area contributed by atoms with Gasteiger partial charge in [-0.1, -0.05) is 58.0 Å². The Kier molecular flexibility index (Phi) is 6.23. The summed E-state index contributed by atoms with van der Waals surface area (Å²) in [6.45, 7) is 10.9. The zero-order valence-electron chi connectivity index (χ0n) is 15.1. The van der Waals surface area contributed by atoms with Crippen LogP contribution in [0.5, 0.6) is 0 Å².